The van der Waals surface area contributed by atoms with E-state index in [0.717, 1.165) is 13.1 Å². The van der Waals surface area contributed by atoms with Crippen LogP contribution in [0.25, 0.3) is 0 Å². The first-order valence-corrected chi connectivity index (χ1v) is 8.81. The van der Waals surface area contributed by atoms with Crippen molar-refractivity contribution in [3.05, 3.63) is 40.5 Å². The fraction of sp³-hybridized carbons (Fsp3) is 0.471. The van der Waals surface area contributed by atoms with E-state index < -0.39 is 12.2 Å². The van der Waals surface area contributed by atoms with Crippen molar-refractivity contribution in [3.8, 4) is 5.75 Å². The maximum Gasteiger partial charge on any atom is 0.300 e. The number of hydrogen-bond acceptors (Lipinski definition) is 6. The lowest BCUT2D eigenvalue weighted by atomic mass is 10.2. The number of likely N-dealkylation sites (tertiary alicyclic amines) is 1. The zero-order valence-electron chi connectivity index (χ0n) is 14.4. The van der Waals surface area contributed by atoms with Crippen LogP contribution in [0.4, 0.5) is 8.78 Å². The zero-order valence-corrected chi connectivity index (χ0v) is 15.1. The van der Waals surface area contributed by atoms with E-state index in [9.17, 15) is 13.6 Å². The number of carbonyl (C=O) groups excluding carboxylic acids is 1. The minimum absolute atomic E-state index is 0.0803. The molecule has 1 aliphatic heterocycles. The van der Waals surface area contributed by atoms with Gasteiger partial charge in [0.25, 0.3) is 5.91 Å². The number of rotatable bonds is 6. The minimum atomic E-state index is -2.74. The minimum Gasteiger partial charge on any atom is -0.496 e. The highest BCUT2D eigenvalue weighted by molar-refractivity contribution is 6.31. The maximum absolute atomic E-state index is 12.5. The van der Waals surface area contributed by atoms with E-state index in [1.165, 1.54) is 7.11 Å². The van der Waals surface area contributed by atoms with Crippen LogP contribution >= 0.6 is 11.6 Å². The second-order valence-electron chi connectivity index (χ2n) is 6.71. The van der Waals surface area contributed by atoms with Gasteiger partial charge in [0.1, 0.15) is 5.75 Å². The van der Waals surface area contributed by atoms with Crippen molar-refractivity contribution >= 4 is 17.5 Å². The highest BCUT2D eigenvalue weighted by Crippen LogP contribution is 2.46. The average Bonchev–Trinajstić information content (AvgIpc) is 3.03. The number of benzene rings is 1. The first-order chi connectivity index (χ1) is 13.0. The van der Waals surface area contributed by atoms with E-state index in [4.69, 9.17) is 20.9 Å². The largest absolute Gasteiger partial charge is 0.496 e. The summed E-state index contributed by atoms with van der Waals surface area (Å²) in [6.45, 7) is 1.79. The molecule has 1 saturated heterocycles. The molecule has 0 bridgehead atoms. The second kappa shape index (κ2) is 7.05. The number of carbonyl (C=O) groups is 1. The van der Waals surface area contributed by atoms with Crippen LogP contribution in [0.2, 0.25) is 5.02 Å². The number of amides is 1. The molecule has 3 atom stereocenters. The molecule has 0 radical (unpaired) electrons. The molecule has 27 heavy (non-hydrogen) atoms. The zero-order chi connectivity index (χ0) is 19.1. The Hall–Kier alpha value is -2.26. The molecule has 4 rings (SSSR count). The van der Waals surface area contributed by atoms with Crippen molar-refractivity contribution in [1.82, 2.24) is 20.4 Å². The summed E-state index contributed by atoms with van der Waals surface area (Å²) in [5.74, 6) is 0.466. The number of halogens is 3. The summed E-state index contributed by atoms with van der Waals surface area (Å²) in [6.07, 6.45) is -2.74. The highest BCUT2D eigenvalue weighted by Gasteiger charge is 2.56. The van der Waals surface area contributed by atoms with Gasteiger partial charge in [-0.25, -0.2) is 8.78 Å². The van der Waals surface area contributed by atoms with E-state index in [1.54, 1.807) is 18.2 Å². The van der Waals surface area contributed by atoms with Gasteiger partial charge < -0.3 is 14.6 Å². The summed E-state index contributed by atoms with van der Waals surface area (Å²) in [7, 11) is 1.50. The van der Waals surface area contributed by atoms with Crippen molar-refractivity contribution in [2.24, 2.45) is 11.8 Å². The Morgan fingerprint density at radius 1 is 1.44 bits per heavy atom. The van der Waals surface area contributed by atoms with Crippen molar-refractivity contribution < 1.29 is 22.8 Å². The molecule has 1 N–H and O–H groups in total. The van der Waals surface area contributed by atoms with Crippen molar-refractivity contribution in [3.63, 3.8) is 0 Å². The number of piperidine rings is 1. The molecule has 10 heteroatoms. The lowest BCUT2D eigenvalue weighted by Crippen LogP contribution is -2.34. The van der Waals surface area contributed by atoms with E-state index in [1.807, 2.05) is 0 Å². The van der Waals surface area contributed by atoms with Gasteiger partial charge in [0.2, 0.25) is 11.7 Å². The third-order valence-electron chi connectivity index (χ3n) is 5.01. The Labute approximate surface area is 158 Å². The van der Waals surface area contributed by atoms with Crippen molar-refractivity contribution in [2.45, 2.75) is 19.0 Å². The Morgan fingerprint density at radius 2 is 2.19 bits per heavy atom. The number of hydrogen-bond donors (Lipinski definition) is 1. The average molecular weight is 399 g/mol. The summed E-state index contributed by atoms with van der Waals surface area (Å²) < 4.78 is 35.1. The Bertz CT molecular complexity index is 850. The van der Waals surface area contributed by atoms with Gasteiger partial charge >= 0.3 is 6.43 Å². The lowest BCUT2D eigenvalue weighted by molar-refractivity contribution is 0.0938. The van der Waals surface area contributed by atoms with E-state index >= 15 is 0 Å². The molecule has 2 heterocycles. The van der Waals surface area contributed by atoms with E-state index in [0.29, 0.717) is 34.7 Å². The fourth-order valence-electron chi connectivity index (χ4n) is 3.66. The van der Waals surface area contributed by atoms with Gasteiger partial charge in [0.05, 0.1) is 19.2 Å². The number of fused-ring (bicyclic) bond motifs is 1. The molecule has 2 aromatic rings. The van der Waals surface area contributed by atoms with Crippen LogP contribution in [0.3, 0.4) is 0 Å². The van der Waals surface area contributed by atoms with Gasteiger partial charge in [0.15, 0.2) is 0 Å². The van der Waals surface area contributed by atoms with Crippen LogP contribution in [0.1, 0.15) is 28.5 Å². The van der Waals surface area contributed by atoms with Gasteiger partial charge in [-0.3, -0.25) is 9.69 Å². The highest BCUT2D eigenvalue weighted by atomic mass is 35.5. The quantitative estimate of drug-likeness (QED) is 0.805. The number of nitrogens with zero attached hydrogens (tertiary/aromatic N) is 3. The van der Waals surface area contributed by atoms with Gasteiger partial charge in [-0.05, 0) is 30.0 Å². The predicted octanol–water partition coefficient (Wildman–Crippen LogP) is 2.53. The molecule has 0 spiro atoms. The molecular formula is C17H17ClF2N4O3. The van der Waals surface area contributed by atoms with Crippen LogP contribution in [-0.2, 0) is 6.54 Å². The van der Waals surface area contributed by atoms with Crippen LogP contribution in [0.15, 0.2) is 22.7 Å². The third kappa shape index (κ3) is 3.61. The van der Waals surface area contributed by atoms with E-state index in [-0.39, 0.29) is 17.8 Å². The normalized spacial score (nSPS) is 24.1. The summed E-state index contributed by atoms with van der Waals surface area (Å²) in [4.78, 5) is 18.3. The monoisotopic (exact) mass is 398 g/mol. The van der Waals surface area contributed by atoms with Crippen LogP contribution < -0.4 is 10.1 Å². The van der Waals surface area contributed by atoms with Gasteiger partial charge in [0, 0.05) is 24.2 Å². The molecule has 2 fully saturated rings. The topological polar surface area (TPSA) is 80.5 Å². The number of aromatic nitrogens is 2. The van der Waals surface area contributed by atoms with Gasteiger partial charge in [-0.1, -0.05) is 16.8 Å². The molecule has 1 unspecified atom stereocenters. The SMILES string of the molecule is COc1ccc(Cl)cc1C(=O)NC1[C@H]2CN(Cc3nc(C(F)F)no3)C[C@@H]12. The Kier molecular flexibility index (Phi) is 4.73. The molecular weight excluding hydrogens is 382 g/mol. The first kappa shape index (κ1) is 18.1. The molecule has 2 aliphatic rings. The number of ether oxygens (including phenoxy) is 1. The van der Waals surface area contributed by atoms with Crippen LogP contribution in [0.5, 0.6) is 5.75 Å². The van der Waals surface area contributed by atoms with Crippen LogP contribution in [-0.4, -0.2) is 47.2 Å². The number of nitrogens with one attached hydrogen (secondary N) is 1. The van der Waals surface area contributed by atoms with Crippen LogP contribution in [0, 0.1) is 11.8 Å². The fourth-order valence-corrected chi connectivity index (χ4v) is 3.83. The summed E-state index contributed by atoms with van der Waals surface area (Å²) in [5.41, 5.74) is 0.400. The predicted molar refractivity (Wildman–Crippen MR) is 90.8 cm³/mol. The van der Waals surface area contributed by atoms with E-state index in [2.05, 4.69) is 20.4 Å². The second-order valence-corrected chi connectivity index (χ2v) is 7.15. The standard InChI is InChI=1S/C17H17ClF2N4O3/c1-26-12-3-2-8(18)4-9(12)17(25)22-14-10-5-24(6-11(10)14)7-13-21-16(15(19)20)23-27-13/h2-4,10-11,14-15H,5-7H2,1H3,(H,22,25)/t10-,11+,14?. The number of alkyl halides is 2. The molecule has 1 amide bonds. The molecule has 1 saturated carbocycles. The Balaban J connectivity index is 1.31. The lowest BCUT2D eigenvalue weighted by Gasteiger charge is -2.18. The van der Waals surface area contributed by atoms with Gasteiger partial charge in [-0.2, -0.15) is 4.98 Å². The molecule has 144 valence electrons. The van der Waals surface area contributed by atoms with Gasteiger partial charge in [-0.15, -0.1) is 0 Å². The molecule has 1 aliphatic carbocycles. The Morgan fingerprint density at radius 3 is 2.81 bits per heavy atom. The summed E-state index contributed by atoms with van der Waals surface area (Å²) in [5, 5.41) is 6.74. The smallest absolute Gasteiger partial charge is 0.300 e. The summed E-state index contributed by atoms with van der Waals surface area (Å²) in [6, 6.07) is 4.98. The number of methoxy groups -OCH3 is 1. The third-order valence-corrected chi connectivity index (χ3v) is 5.25. The maximum atomic E-state index is 12.5. The molecule has 1 aromatic carbocycles. The summed E-state index contributed by atoms with van der Waals surface area (Å²) >= 11 is 5.97. The first-order valence-electron chi connectivity index (χ1n) is 8.43. The van der Waals surface area contributed by atoms with Crippen molar-refractivity contribution in [1.29, 1.82) is 0 Å². The molecule has 7 nitrogen and oxygen atoms in total. The molecule has 1 aromatic heterocycles. The van der Waals surface area contributed by atoms with Crippen molar-refractivity contribution in [2.75, 3.05) is 20.2 Å².